The summed E-state index contributed by atoms with van der Waals surface area (Å²) in [5.41, 5.74) is 1.61. The summed E-state index contributed by atoms with van der Waals surface area (Å²) in [6, 6.07) is 37.6. The van der Waals surface area contributed by atoms with E-state index in [0.29, 0.717) is 0 Å². The van der Waals surface area contributed by atoms with Gasteiger partial charge in [-0.2, -0.15) is 0 Å². The highest BCUT2D eigenvalue weighted by Gasteiger charge is 2.57. The van der Waals surface area contributed by atoms with E-state index < -0.39 is 105 Å². The molecule has 16 heteroatoms. The van der Waals surface area contributed by atoms with E-state index in [1.165, 1.54) is 13.8 Å². The third-order valence-corrected chi connectivity index (χ3v) is 16.4. The van der Waals surface area contributed by atoms with Gasteiger partial charge in [0.2, 0.25) is 5.91 Å². The average Bonchev–Trinajstić information content (AvgIpc) is 3.28. The largest absolute Gasteiger partial charge is 0.463 e. The van der Waals surface area contributed by atoms with E-state index in [-0.39, 0.29) is 19.8 Å². The summed E-state index contributed by atoms with van der Waals surface area (Å²) in [5.74, 6) is -2.75. The third-order valence-electron chi connectivity index (χ3n) is 11.4. The van der Waals surface area contributed by atoms with Crippen LogP contribution < -0.4 is 15.7 Å². The maximum absolute atomic E-state index is 13.0. The molecule has 354 valence electrons. The lowest BCUT2D eigenvalue weighted by Crippen LogP contribution is -2.70. The molecule has 6 rings (SSSR count). The molecule has 1 amide bonds. The SMILES string of the molecule is CC(=O)N[C@H]1[C@H](O[C@@H]2[C@@H](OCc3ccccc3)[C@@H](O)O[C@H](CO[Si](c3ccccc3)(c3ccccc3)C(C)(C)C)[C@H]2OCc2ccccc2)O[C@H](COC(C)=O)[C@@H](OC(C)=O)[C@@H]1OC(C)=O. The van der Waals surface area contributed by atoms with Crippen LogP contribution in [0.4, 0.5) is 0 Å². The minimum atomic E-state index is -3.21. The third kappa shape index (κ3) is 12.6. The first-order valence-electron chi connectivity index (χ1n) is 22.0. The fourth-order valence-electron chi connectivity index (χ4n) is 8.63. The van der Waals surface area contributed by atoms with Crippen molar-refractivity contribution in [2.45, 2.75) is 128 Å². The molecule has 15 nitrogen and oxygen atoms in total. The van der Waals surface area contributed by atoms with Gasteiger partial charge in [0.05, 0.1) is 19.8 Å². The van der Waals surface area contributed by atoms with Gasteiger partial charge < -0.3 is 52.7 Å². The highest BCUT2D eigenvalue weighted by molar-refractivity contribution is 6.99. The molecule has 0 bridgehead atoms. The fraction of sp³-hybridized carbons (Fsp3) is 0.440. The standard InChI is InChI=1S/C50H61NO14Si/c1-32(52)51-42-45(62-35(4)55)44(61-34(3)54)40(30-57-33(2)53)64-49(42)65-46-43(58-28-36-20-12-8-13-21-36)41(63-48(56)47(46)59-29-37-22-14-9-15-23-37)31-60-66(50(5,6)7,38-24-16-10-17-25-38)39-26-18-11-19-27-39/h8-27,40-49,56H,28-31H2,1-7H3,(H,51,52)/t40-,41-,42-,43-,44-,45-,46+,47-,48+,49+/m1/s1. The lowest BCUT2D eigenvalue weighted by Gasteiger charge is -2.50. The summed E-state index contributed by atoms with van der Waals surface area (Å²) >= 11 is 0. The van der Waals surface area contributed by atoms with Crippen molar-refractivity contribution in [3.8, 4) is 0 Å². The van der Waals surface area contributed by atoms with Crippen molar-refractivity contribution >= 4 is 42.5 Å². The Morgan fingerprint density at radius 3 is 1.53 bits per heavy atom. The zero-order valence-corrected chi connectivity index (χ0v) is 39.4. The molecular weight excluding hydrogens is 867 g/mol. The first-order chi connectivity index (χ1) is 31.6. The van der Waals surface area contributed by atoms with Crippen LogP contribution in [0.2, 0.25) is 5.04 Å². The maximum atomic E-state index is 13.0. The van der Waals surface area contributed by atoms with Crippen molar-refractivity contribution in [1.82, 2.24) is 5.32 Å². The minimum absolute atomic E-state index is 0.0146. The molecule has 10 atom stereocenters. The van der Waals surface area contributed by atoms with Crippen molar-refractivity contribution in [3.05, 3.63) is 132 Å². The van der Waals surface area contributed by atoms with Crippen LogP contribution in [0.3, 0.4) is 0 Å². The molecule has 0 aromatic heterocycles. The van der Waals surface area contributed by atoms with Crippen molar-refractivity contribution in [2.24, 2.45) is 0 Å². The topological polar surface area (TPSA) is 184 Å². The zero-order valence-electron chi connectivity index (χ0n) is 38.4. The molecule has 0 spiro atoms. The maximum Gasteiger partial charge on any atom is 0.303 e. The van der Waals surface area contributed by atoms with E-state index in [0.717, 1.165) is 35.3 Å². The fourth-order valence-corrected chi connectivity index (χ4v) is 13.2. The Labute approximate surface area is 387 Å². The summed E-state index contributed by atoms with van der Waals surface area (Å²) in [6.07, 6.45) is -11.9. The van der Waals surface area contributed by atoms with Crippen LogP contribution in [-0.4, -0.2) is 112 Å². The van der Waals surface area contributed by atoms with Gasteiger partial charge in [-0.1, -0.05) is 142 Å². The lowest BCUT2D eigenvalue weighted by atomic mass is 9.94. The van der Waals surface area contributed by atoms with E-state index in [9.17, 15) is 24.3 Å². The van der Waals surface area contributed by atoms with Crippen LogP contribution in [-0.2, 0) is 74.7 Å². The number of aliphatic hydroxyl groups excluding tert-OH is 1. The number of hydrogen-bond donors (Lipinski definition) is 2. The molecule has 2 heterocycles. The summed E-state index contributed by atoms with van der Waals surface area (Å²) in [6.45, 7) is 10.7. The average molecular weight is 928 g/mol. The molecule has 4 aromatic rings. The van der Waals surface area contributed by atoms with Gasteiger partial charge in [0.1, 0.15) is 43.2 Å². The van der Waals surface area contributed by atoms with E-state index >= 15 is 0 Å². The number of ether oxygens (including phenoxy) is 8. The number of aliphatic hydroxyl groups is 1. The Hall–Kier alpha value is -5.30. The van der Waals surface area contributed by atoms with Gasteiger partial charge in [-0.05, 0) is 26.5 Å². The molecule has 0 saturated carbocycles. The Morgan fingerprint density at radius 2 is 1.06 bits per heavy atom. The monoisotopic (exact) mass is 927 g/mol. The van der Waals surface area contributed by atoms with Crippen molar-refractivity contribution < 1.29 is 66.6 Å². The van der Waals surface area contributed by atoms with Gasteiger partial charge >= 0.3 is 17.9 Å². The number of esters is 3. The van der Waals surface area contributed by atoms with Crippen LogP contribution in [0, 0.1) is 0 Å². The molecule has 2 aliphatic rings. The molecule has 0 unspecified atom stereocenters. The zero-order chi connectivity index (χ0) is 47.4. The van der Waals surface area contributed by atoms with Crippen molar-refractivity contribution in [1.29, 1.82) is 0 Å². The lowest BCUT2D eigenvalue weighted by molar-refractivity contribution is -0.353. The molecule has 2 N–H and O–H groups in total. The molecule has 66 heavy (non-hydrogen) atoms. The predicted molar refractivity (Wildman–Crippen MR) is 243 cm³/mol. The van der Waals surface area contributed by atoms with Crippen LogP contribution in [0.25, 0.3) is 0 Å². The van der Waals surface area contributed by atoms with Gasteiger partial charge in [0.25, 0.3) is 8.32 Å². The van der Waals surface area contributed by atoms with E-state index in [2.05, 4.69) is 50.4 Å². The first kappa shape index (κ1) is 50.1. The van der Waals surface area contributed by atoms with Crippen LogP contribution in [0.5, 0.6) is 0 Å². The van der Waals surface area contributed by atoms with Gasteiger partial charge in [-0.3, -0.25) is 19.2 Å². The quantitative estimate of drug-likeness (QED) is 0.0809. The number of benzene rings is 4. The number of rotatable bonds is 18. The molecular formula is C50H61NO14Si. The Morgan fingerprint density at radius 1 is 0.591 bits per heavy atom. The van der Waals surface area contributed by atoms with Gasteiger partial charge in [0.15, 0.2) is 24.8 Å². The number of carbonyl (C=O) groups excluding carboxylic acids is 4. The Balaban J connectivity index is 1.47. The minimum Gasteiger partial charge on any atom is -0.463 e. The van der Waals surface area contributed by atoms with Gasteiger partial charge in [0, 0.05) is 27.7 Å². The number of hydrogen-bond acceptors (Lipinski definition) is 14. The molecule has 0 aliphatic carbocycles. The molecule has 2 aliphatic heterocycles. The molecule has 2 saturated heterocycles. The van der Waals surface area contributed by atoms with Crippen LogP contribution in [0.1, 0.15) is 59.6 Å². The highest BCUT2D eigenvalue weighted by atomic mass is 28.4. The highest BCUT2D eigenvalue weighted by Crippen LogP contribution is 2.39. The second kappa shape index (κ2) is 22.9. The van der Waals surface area contributed by atoms with Gasteiger partial charge in [-0.15, -0.1) is 0 Å². The summed E-state index contributed by atoms with van der Waals surface area (Å²) in [4.78, 5) is 50.4. The number of nitrogens with one attached hydrogen (secondary N) is 1. The summed E-state index contributed by atoms with van der Waals surface area (Å²) < 4.78 is 57.5. The second-order valence-corrected chi connectivity index (χ2v) is 21.7. The van der Waals surface area contributed by atoms with E-state index in [1.54, 1.807) is 0 Å². The molecule has 2 fully saturated rings. The first-order valence-corrected chi connectivity index (χ1v) is 23.9. The van der Waals surface area contributed by atoms with Crippen molar-refractivity contribution in [2.75, 3.05) is 13.2 Å². The number of carbonyl (C=O) groups is 4. The summed E-state index contributed by atoms with van der Waals surface area (Å²) in [7, 11) is -3.21. The Bertz CT molecular complexity index is 2140. The second-order valence-electron chi connectivity index (χ2n) is 17.4. The van der Waals surface area contributed by atoms with Crippen LogP contribution in [0.15, 0.2) is 121 Å². The smallest absolute Gasteiger partial charge is 0.303 e. The molecule has 0 radical (unpaired) electrons. The van der Waals surface area contributed by atoms with Crippen molar-refractivity contribution in [3.63, 3.8) is 0 Å². The molecule has 4 aromatic carbocycles. The van der Waals surface area contributed by atoms with Gasteiger partial charge in [-0.25, -0.2) is 0 Å². The predicted octanol–water partition coefficient (Wildman–Crippen LogP) is 4.49. The number of amides is 1. The van der Waals surface area contributed by atoms with Crippen LogP contribution >= 0.6 is 0 Å². The van der Waals surface area contributed by atoms with E-state index in [1.807, 2.05) is 97.1 Å². The van der Waals surface area contributed by atoms with E-state index in [4.69, 9.17) is 42.3 Å². The summed E-state index contributed by atoms with van der Waals surface area (Å²) in [5, 5.41) is 16.5. The Kier molecular flexibility index (Phi) is 17.4. The normalized spacial score (nSPS) is 25.6.